The zero-order valence-corrected chi connectivity index (χ0v) is 12.3. The number of carboxylic acids is 1. The van der Waals surface area contributed by atoms with Crippen LogP contribution < -0.4 is 5.32 Å². The second-order valence-corrected chi connectivity index (χ2v) is 5.37. The summed E-state index contributed by atoms with van der Waals surface area (Å²) in [6.07, 6.45) is 2.97. The van der Waals surface area contributed by atoms with E-state index in [1.54, 1.807) is 19.9 Å². The molecule has 4 nitrogen and oxygen atoms in total. The van der Waals surface area contributed by atoms with Crippen molar-refractivity contribution in [1.29, 1.82) is 0 Å². The minimum absolute atomic E-state index is 0.166. The third kappa shape index (κ3) is 5.26. The summed E-state index contributed by atoms with van der Waals surface area (Å²) in [5, 5.41) is 11.4. The van der Waals surface area contributed by atoms with Crippen LogP contribution in [0.1, 0.15) is 19.4 Å². The van der Waals surface area contributed by atoms with Gasteiger partial charge in [-0.3, -0.25) is 4.79 Å². The number of carboxylic acid groups (broad SMARTS) is 1. The first-order valence-electron chi connectivity index (χ1n) is 5.87. The molecule has 0 saturated heterocycles. The predicted molar refractivity (Wildman–Crippen MR) is 77.6 cm³/mol. The molecule has 1 aromatic carbocycles. The summed E-state index contributed by atoms with van der Waals surface area (Å²) in [5.74, 6) is -1.61. The average Bonchev–Trinajstić information content (AvgIpc) is 2.32. The summed E-state index contributed by atoms with van der Waals surface area (Å²) < 4.78 is 0.917. The van der Waals surface area contributed by atoms with Gasteiger partial charge in [0.1, 0.15) is 6.04 Å². The van der Waals surface area contributed by atoms with Gasteiger partial charge in [-0.05, 0) is 29.7 Å². The average molecular weight is 326 g/mol. The number of aliphatic carboxylic acids is 1. The maximum absolute atomic E-state index is 11.6. The summed E-state index contributed by atoms with van der Waals surface area (Å²) in [6, 6.07) is 6.58. The van der Waals surface area contributed by atoms with Gasteiger partial charge >= 0.3 is 5.97 Å². The summed E-state index contributed by atoms with van der Waals surface area (Å²) in [4.78, 5) is 22.6. The van der Waals surface area contributed by atoms with Gasteiger partial charge in [0.25, 0.3) is 0 Å². The van der Waals surface area contributed by atoms with Crippen molar-refractivity contribution in [3.63, 3.8) is 0 Å². The van der Waals surface area contributed by atoms with Gasteiger partial charge in [-0.2, -0.15) is 0 Å². The monoisotopic (exact) mass is 325 g/mol. The van der Waals surface area contributed by atoms with Crippen LogP contribution in [0, 0.1) is 5.92 Å². The highest BCUT2D eigenvalue weighted by atomic mass is 79.9. The fourth-order valence-electron chi connectivity index (χ4n) is 1.50. The third-order valence-corrected chi connectivity index (χ3v) is 3.00. The molecule has 1 aromatic rings. The molecule has 1 rings (SSSR count). The van der Waals surface area contributed by atoms with Gasteiger partial charge in [-0.1, -0.05) is 41.9 Å². The molecule has 0 fully saturated rings. The Kier molecular flexibility index (Phi) is 5.76. The number of benzene rings is 1. The van der Waals surface area contributed by atoms with Crippen LogP contribution in [-0.2, 0) is 9.59 Å². The quantitative estimate of drug-likeness (QED) is 0.818. The van der Waals surface area contributed by atoms with E-state index in [4.69, 9.17) is 5.11 Å². The topological polar surface area (TPSA) is 66.4 Å². The number of hydrogen-bond acceptors (Lipinski definition) is 2. The largest absolute Gasteiger partial charge is 0.480 e. The number of carbonyl (C=O) groups is 2. The molecule has 0 aliphatic carbocycles. The lowest BCUT2D eigenvalue weighted by molar-refractivity contribution is -0.142. The third-order valence-electron chi connectivity index (χ3n) is 2.51. The Hall–Kier alpha value is -1.62. The Morgan fingerprint density at radius 3 is 2.58 bits per heavy atom. The first-order valence-corrected chi connectivity index (χ1v) is 6.66. The molecule has 2 N–H and O–H groups in total. The van der Waals surface area contributed by atoms with Crippen molar-refractivity contribution in [2.24, 2.45) is 5.92 Å². The molecular formula is C14H16BrNO3. The molecule has 0 bridgehead atoms. The van der Waals surface area contributed by atoms with E-state index in [-0.39, 0.29) is 5.92 Å². The Balaban J connectivity index is 2.67. The molecule has 19 heavy (non-hydrogen) atoms. The van der Waals surface area contributed by atoms with Crippen molar-refractivity contribution < 1.29 is 14.7 Å². The second kappa shape index (κ2) is 7.09. The zero-order chi connectivity index (χ0) is 14.4. The molecule has 0 radical (unpaired) electrons. The summed E-state index contributed by atoms with van der Waals surface area (Å²) in [5.41, 5.74) is 0.862. The van der Waals surface area contributed by atoms with Crippen molar-refractivity contribution in [2.75, 3.05) is 0 Å². The molecule has 1 atom stereocenters. The second-order valence-electron chi connectivity index (χ2n) is 4.46. The number of carbonyl (C=O) groups excluding carboxylic acids is 1. The van der Waals surface area contributed by atoms with Crippen molar-refractivity contribution in [3.05, 3.63) is 40.4 Å². The van der Waals surface area contributed by atoms with Gasteiger partial charge in [0.15, 0.2) is 0 Å². The fraction of sp³-hybridized carbons (Fsp3) is 0.286. The van der Waals surface area contributed by atoms with Gasteiger partial charge in [0, 0.05) is 10.5 Å². The van der Waals surface area contributed by atoms with E-state index in [0.717, 1.165) is 10.0 Å². The number of nitrogens with one attached hydrogen (secondary N) is 1. The smallest absolute Gasteiger partial charge is 0.326 e. The van der Waals surface area contributed by atoms with Crippen LogP contribution in [0.2, 0.25) is 0 Å². The van der Waals surface area contributed by atoms with Gasteiger partial charge in [-0.15, -0.1) is 0 Å². The number of amides is 1. The van der Waals surface area contributed by atoms with Crippen molar-refractivity contribution in [1.82, 2.24) is 5.32 Å². The lowest BCUT2D eigenvalue weighted by Crippen LogP contribution is -2.43. The molecule has 0 aromatic heterocycles. The van der Waals surface area contributed by atoms with E-state index in [9.17, 15) is 9.59 Å². The minimum atomic E-state index is -1.03. The van der Waals surface area contributed by atoms with Gasteiger partial charge in [0.05, 0.1) is 0 Å². The van der Waals surface area contributed by atoms with E-state index in [1.807, 2.05) is 24.3 Å². The highest BCUT2D eigenvalue weighted by Crippen LogP contribution is 2.12. The molecule has 0 spiro atoms. The lowest BCUT2D eigenvalue weighted by atomic mass is 10.0. The van der Waals surface area contributed by atoms with E-state index < -0.39 is 17.9 Å². The summed E-state index contributed by atoms with van der Waals surface area (Å²) in [7, 11) is 0. The van der Waals surface area contributed by atoms with E-state index in [0.29, 0.717) is 0 Å². The van der Waals surface area contributed by atoms with Gasteiger partial charge < -0.3 is 10.4 Å². The maximum atomic E-state index is 11.6. The van der Waals surface area contributed by atoms with E-state index in [2.05, 4.69) is 21.2 Å². The molecule has 0 saturated carbocycles. The van der Waals surface area contributed by atoms with Crippen molar-refractivity contribution in [3.8, 4) is 0 Å². The SMILES string of the molecule is CC(C)C(NC(=O)/C=C/c1cccc(Br)c1)C(=O)O. The molecule has 1 amide bonds. The number of rotatable bonds is 5. The molecule has 0 heterocycles. The predicted octanol–water partition coefficient (Wildman–Crippen LogP) is 2.69. The van der Waals surface area contributed by atoms with Crippen molar-refractivity contribution in [2.45, 2.75) is 19.9 Å². The Labute approximate surface area is 120 Å². The number of halogens is 1. The first-order chi connectivity index (χ1) is 8.90. The fourth-order valence-corrected chi connectivity index (χ4v) is 1.91. The van der Waals surface area contributed by atoms with Gasteiger partial charge in [-0.25, -0.2) is 4.79 Å². The Bertz CT molecular complexity index is 497. The van der Waals surface area contributed by atoms with Crippen LogP contribution in [0.25, 0.3) is 6.08 Å². The Morgan fingerprint density at radius 2 is 2.05 bits per heavy atom. The lowest BCUT2D eigenvalue weighted by Gasteiger charge is -2.16. The zero-order valence-electron chi connectivity index (χ0n) is 10.8. The highest BCUT2D eigenvalue weighted by Gasteiger charge is 2.22. The van der Waals surface area contributed by atoms with E-state index in [1.165, 1.54) is 6.08 Å². The molecule has 0 aliphatic heterocycles. The standard InChI is InChI=1S/C14H16BrNO3/c1-9(2)13(14(18)19)16-12(17)7-6-10-4-3-5-11(15)8-10/h3-9,13H,1-2H3,(H,16,17)(H,18,19)/b7-6+. The summed E-state index contributed by atoms with van der Waals surface area (Å²) >= 11 is 3.34. The Morgan fingerprint density at radius 1 is 1.37 bits per heavy atom. The number of hydrogen-bond donors (Lipinski definition) is 2. The van der Waals surface area contributed by atoms with Crippen LogP contribution in [0.5, 0.6) is 0 Å². The normalized spacial score (nSPS) is 12.6. The molecule has 1 unspecified atom stereocenters. The first kappa shape index (κ1) is 15.4. The van der Waals surface area contributed by atoms with Gasteiger partial charge in [0.2, 0.25) is 5.91 Å². The minimum Gasteiger partial charge on any atom is -0.480 e. The highest BCUT2D eigenvalue weighted by molar-refractivity contribution is 9.10. The van der Waals surface area contributed by atoms with Crippen LogP contribution >= 0.6 is 15.9 Å². The molecule has 5 heteroatoms. The van der Waals surface area contributed by atoms with Crippen LogP contribution in [0.15, 0.2) is 34.8 Å². The molecular weight excluding hydrogens is 310 g/mol. The maximum Gasteiger partial charge on any atom is 0.326 e. The van der Waals surface area contributed by atoms with Crippen LogP contribution in [0.4, 0.5) is 0 Å². The van der Waals surface area contributed by atoms with E-state index >= 15 is 0 Å². The molecule has 0 aliphatic rings. The van der Waals surface area contributed by atoms with Crippen LogP contribution in [-0.4, -0.2) is 23.0 Å². The molecule has 102 valence electrons. The summed E-state index contributed by atoms with van der Waals surface area (Å²) in [6.45, 7) is 3.49. The van der Waals surface area contributed by atoms with Crippen molar-refractivity contribution >= 4 is 33.9 Å². The van der Waals surface area contributed by atoms with Crippen LogP contribution in [0.3, 0.4) is 0 Å².